The number of fused-ring (bicyclic) bond motifs is 1. The second kappa shape index (κ2) is 12.9. The molecule has 1 saturated heterocycles. The molecule has 4 rings (SSSR count). The summed E-state index contributed by atoms with van der Waals surface area (Å²) in [6, 6.07) is 8.38. The van der Waals surface area contributed by atoms with Gasteiger partial charge in [0, 0.05) is 57.0 Å². The molecule has 9 nitrogen and oxygen atoms in total. The molecule has 0 bridgehead atoms. The van der Waals surface area contributed by atoms with Crippen LogP contribution >= 0.6 is 23.2 Å². The SMILES string of the molecule is CNC(=O)c1cc(Cl)c(OC(C)(C)C(=O)[O-])cc1OC[C@@H](O)CN1CCC2(CC1)Cc1cc(Cl)ccc1O2.[Na+]. The van der Waals surface area contributed by atoms with Gasteiger partial charge in [-0.05, 0) is 43.7 Å². The molecule has 1 spiro atoms. The van der Waals surface area contributed by atoms with E-state index in [0.717, 1.165) is 43.7 Å². The Balaban J connectivity index is 0.00000420. The van der Waals surface area contributed by atoms with Crippen LogP contribution in [-0.4, -0.2) is 72.5 Å². The molecule has 2 aliphatic heterocycles. The Morgan fingerprint density at radius 3 is 2.54 bits per heavy atom. The van der Waals surface area contributed by atoms with Crippen molar-refractivity contribution in [2.45, 2.75) is 50.4 Å². The van der Waals surface area contributed by atoms with Crippen LogP contribution in [0.15, 0.2) is 30.3 Å². The molecule has 0 aromatic heterocycles. The number of nitrogens with zero attached hydrogens (tertiary/aromatic N) is 1. The van der Waals surface area contributed by atoms with Gasteiger partial charge in [-0.2, -0.15) is 0 Å². The first-order valence-electron chi connectivity index (χ1n) is 12.4. The van der Waals surface area contributed by atoms with Gasteiger partial charge in [0.05, 0.1) is 16.6 Å². The number of halogens is 2. The van der Waals surface area contributed by atoms with E-state index in [0.29, 0.717) is 11.6 Å². The van der Waals surface area contributed by atoms with Gasteiger partial charge in [-0.25, -0.2) is 0 Å². The zero-order valence-electron chi connectivity index (χ0n) is 22.5. The van der Waals surface area contributed by atoms with Crippen LogP contribution in [0, 0.1) is 0 Å². The van der Waals surface area contributed by atoms with Gasteiger partial charge in [-0.15, -0.1) is 0 Å². The van der Waals surface area contributed by atoms with Crippen molar-refractivity contribution in [2.24, 2.45) is 0 Å². The van der Waals surface area contributed by atoms with Crippen molar-refractivity contribution in [3.8, 4) is 17.2 Å². The van der Waals surface area contributed by atoms with E-state index in [1.807, 2.05) is 18.2 Å². The summed E-state index contributed by atoms with van der Waals surface area (Å²) in [6.45, 7) is 4.42. The predicted octanol–water partition coefficient (Wildman–Crippen LogP) is -0.526. The Kier molecular flexibility index (Phi) is 10.5. The first kappa shape index (κ1) is 31.8. The van der Waals surface area contributed by atoms with Gasteiger partial charge in [0.2, 0.25) is 0 Å². The third-order valence-electron chi connectivity index (χ3n) is 6.89. The molecule has 2 N–H and O–H groups in total. The predicted molar refractivity (Wildman–Crippen MR) is 140 cm³/mol. The van der Waals surface area contributed by atoms with E-state index in [1.165, 1.54) is 33.0 Å². The van der Waals surface area contributed by atoms with E-state index in [4.69, 9.17) is 37.4 Å². The fourth-order valence-electron chi connectivity index (χ4n) is 4.72. The van der Waals surface area contributed by atoms with Crippen LogP contribution in [-0.2, 0) is 11.2 Å². The number of rotatable bonds is 9. The maximum atomic E-state index is 12.4. The molecule has 39 heavy (non-hydrogen) atoms. The number of benzene rings is 2. The van der Waals surface area contributed by atoms with Crippen LogP contribution in [0.2, 0.25) is 10.0 Å². The summed E-state index contributed by atoms with van der Waals surface area (Å²) in [6.07, 6.45) is 1.61. The molecule has 2 aromatic carbocycles. The van der Waals surface area contributed by atoms with E-state index in [2.05, 4.69) is 10.2 Å². The summed E-state index contributed by atoms with van der Waals surface area (Å²) < 4.78 is 17.6. The zero-order valence-corrected chi connectivity index (χ0v) is 26.0. The molecular formula is C27H31Cl2N2NaO7. The Bertz CT molecular complexity index is 1220. The van der Waals surface area contributed by atoms with Crippen molar-refractivity contribution in [3.63, 3.8) is 0 Å². The second-order valence-corrected chi connectivity index (χ2v) is 11.1. The molecule has 2 heterocycles. The molecule has 0 radical (unpaired) electrons. The maximum absolute atomic E-state index is 12.4. The van der Waals surface area contributed by atoms with Crippen molar-refractivity contribution in [3.05, 3.63) is 51.5 Å². The third-order valence-corrected chi connectivity index (χ3v) is 7.42. The largest absolute Gasteiger partial charge is 1.00 e. The summed E-state index contributed by atoms with van der Waals surface area (Å²) in [5.41, 5.74) is -0.661. The van der Waals surface area contributed by atoms with Gasteiger partial charge in [0.1, 0.15) is 41.2 Å². The van der Waals surface area contributed by atoms with E-state index in [1.54, 1.807) is 0 Å². The average molecular weight is 589 g/mol. The molecule has 1 amide bonds. The smallest absolute Gasteiger partial charge is 0.546 e. The number of carbonyl (C=O) groups excluding carboxylic acids is 2. The van der Waals surface area contributed by atoms with Crippen molar-refractivity contribution in [2.75, 3.05) is 33.3 Å². The summed E-state index contributed by atoms with van der Waals surface area (Å²) in [5.74, 6) is -0.885. The van der Waals surface area contributed by atoms with Gasteiger partial charge in [0.15, 0.2) is 0 Å². The van der Waals surface area contributed by atoms with E-state index >= 15 is 0 Å². The van der Waals surface area contributed by atoms with Crippen LogP contribution in [0.4, 0.5) is 0 Å². The number of carbonyl (C=O) groups is 2. The Morgan fingerprint density at radius 1 is 1.21 bits per heavy atom. The number of carboxylic acid groups (broad SMARTS) is 1. The molecule has 1 atom stereocenters. The number of aliphatic carboxylic acids is 1. The van der Waals surface area contributed by atoms with Gasteiger partial charge in [-0.1, -0.05) is 23.2 Å². The molecule has 1 fully saturated rings. The van der Waals surface area contributed by atoms with Gasteiger partial charge >= 0.3 is 29.6 Å². The van der Waals surface area contributed by atoms with Crippen LogP contribution < -0.4 is 54.2 Å². The van der Waals surface area contributed by atoms with Gasteiger partial charge in [0.25, 0.3) is 5.91 Å². The van der Waals surface area contributed by atoms with Crippen molar-refractivity contribution in [1.29, 1.82) is 0 Å². The van der Waals surface area contributed by atoms with Gasteiger partial charge < -0.3 is 39.4 Å². The number of likely N-dealkylation sites (tertiary alicyclic amines) is 1. The number of aliphatic hydroxyl groups excluding tert-OH is 1. The number of β-amino-alcohol motifs (C(OH)–C–C–N with tert-alkyl or cyclic N) is 1. The first-order chi connectivity index (χ1) is 17.9. The minimum Gasteiger partial charge on any atom is -0.546 e. The Hall–Kier alpha value is -1.72. The first-order valence-corrected chi connectivity index (χ1v) is 13.1. The topological polar surface area (TPSA) is 120 Å². The second-order valence-electron chi connectivity index (χ2n) is 10.2. The number of amides is 1. The minimum atomic E-state index is -1.67. The van der Waals surface area contributed by atoms with Crippen LogP contribution in [0.1, 0.15) is 42.6 Å². The van der Waals surface area contributed by atoms with E-state index in [-0.39, 0.29) is 63.9 Å². The summed E-state index contributed by atoms with van der Waals surface area (Å²) in [7, 11) is 1.46. The van der Waals surface area contributed by atoms with Crippen molar-refractivity contribution < 1.29 is 63.6 Å². The number of aliphatic hydroxyl groups is 1. The Morgan fingerprint density at radius 2 is 1.90 bits per heavy atom. The number of hydrogen-bond acceptors (Lipinski definition) is 8. The van der Waals surface area contributed by atoms with Crippen molar-refractivity contribution >= 4 is 35.1 Å². The standard InChI is InChI=1S/C27H32Cl2N2O7.Na/c1-26(2,25(34)35)37-23-12-22(19(11-20(23)29)24(33)30-3)36-15-18(32)14-31-8-6-27(7-9-31)13-16-10-17(28)4-5-21(16)38-27;/h4-5,10-12,18,32H,6-9,13-15H2,1-3H3,(H,30,33)(H,34,35);/q;+1/p-1/t18-;/m0./s1. The number of ether oxygens (including phenoxy) is 3. The van der Waals surface area contributed by atoms with E-state index < -0.39 is 23.6 Å². The summed E-state index contributed by atoms with van der Waals surface area (Å²) in [5, 5.41) is 25.3. The number of piperidine rings is 1. The average Bonchev–Trinajstić information content (AvgIpc) is 3.21. The maximum Gasteiger partial charge on any atom is 1.00 e. The fraction of sp³-hybridized carbons (Fsp3) is 0.481. The number of hydrogen-bond donors (Lipinski definition) is 2. The molecule has 12 heteroatoms. The minimum absolute atomic E-state index is 0. The fourth-order valence-corrected chi connectivity index (χ4v) is 5.12. The van der Waals surface area contributed by atoms with E-state index in [9.17, 15) is 19.8 Å². The van der Waals surface area contributed by atoms with Gasteiger partial charge in [-0.3, -0.25) is 4.79 Å². The molecule has 0 saturated carbocycles. The number of nitrogens with one attached hydrogen (secondary N) is 1. The summed E-state index contributed by atoms with van der Waals surface area (Å²) in [4.78, 5) is 25.9. The molecular weight excluding hydrogens is 558 g/mol. The molecule has 0 unspecified atom stereocenters. The summed E-state index contributed by atoms with van der Waals surface area (Å²) >= 11 is 12.4. The monoisotopic (exact) mass is 588 g/mol. The number of carboxylic acids is 1. The molecule has 0 aliphatic carbocycles. The van der Waals surface area contributed by atoms with Crippen molar-refractivity contribution in [1.82, 2.24) is 10.2 Å². The molecule has 2 aromatic rings. The van der Waals surface area contributed by atoms with Crippen LogP contribution in [0.5, 0.6) is 17.2 Å². The Labute approximate surface area is 260 Å². The zero-order chi connectivity index (χ0) is 27.7. The third kappa shape index (κ3) is 7.52. The molecule has 206 valence electrons. The van der Waals surface area contributed by atoms with Crippen LogP contribution in [0.3, 0.4) is 0 Å². The van der Waals surface area contributed by atoms with Crippen LogP contribution in [0.25, 0.3) is 0 Å². The molecule has 2 aliphatic rings. The normalized spacial score (nSPS) is 17.0. The quantitative estimate of drug-likeness (QED) is 0.375.